The molecule has 6 nitrogen and oxygen atoms in total. The lowest BCUT2D eigenvalue weighted by atomic mass is 10.2. The van der Waals surface area contributed by atoms with Crippen molar-refractivity contribution in [3.05, 3.63) is 60.2 Å². The second-order valence-corrected chi connectivity index (χ2v) is 4.74. The Morgan fingerprint density at radius 2 is 1.77 bits per heavy atom. The molecule has 0 aliphatic heterocycles. The minimum Gasteiger partial charge on any atom is -0.491 e. The van der Waals surface area contributed by atoms with Crippen LogP contribution in [-0.4, -0.2) is 38.5 Å². The number of aliphatic hydroxyl groups excluding tert-OH is 1. The van der Waals surface area contributed by atoms with Crippen molar-refractivity contribution in [1.82, 2.24) is 20.2 Å². The van der Waals surface area contributed by atoms with Crippen LogP contribution in [0.4, 0.5) is 0 Å². The summed E-state index contributed by atoms with van der Waals surface area (Å²) in [6.45, 7) is 0.897. The average molecular weight is 296 g/mol. The predicted molar refractivity (Wildman–Crippen MR) is 81.4 cm³/mol. The van der Waals surface area contributed by atoms with Crippen LogP contribution in [0.25, 0.3) is 11.4 Å². The van der Waals surface area contributed by atoms with Crippen molar-refractivity contribution in [2.75, 3.05) is 13.2 Å². The zero-order valence-corrected chi connectivity index (χ0v) is 12.0. The highest BCUT2D eigenvalue weighted by Gasteiger charge is 2.09. The summed E-state index contributed by atoms with van der Waals surface area (Å²) in [6.07, 6.45) is 0. The van der Waals surface area contributed by atoms with Gasteiger partial charge >= 0.3 is 0 Å². The van der Waals surface area contributed by atoms with Crippen molar-refractivity contribution in [1.29, 1.82) is 0 Å². The highest BCUT2D eigenvalue weighted by atomic mass is 16.5. The van der Waals surface area contributed by atoms with Crippen LogP contribution < -0.4 is 4.74 Å². The largest absolute Gasteiger partial charge is 0.491 e. The summed E-state index contributed by atoms with van der Waals surface area (Å²) in [5, 5.41) is 20.7. The molecular weight excluding hydrogens is 280 g/mol. The van der Waals surface area contributed by atoms with Crippen LogP contribution in [0.1, 0.15) is 5.56 Å². The molecule has 22 heavy (non-hydrogen) atoms. The number of tetrazole rings is 1. The van der Waals surface area contributed by atoms with E-state index in [4.69, 9.17) is 9.84 Å². The van der Waals surface area contributed by atoms with E-state index < -0.39 is 0 Å². The SMILES string of the molecule is OCCOc1ccc(-c2nnnn2Cc2ccccc2)cc1. The molecule has 0 atom stereocenters. The van der Waals surface area contributed by atoms with Gasteiger partial charge in [-0.05, 0) is 40.3 Å². The molecule has 112 valence electrons. The lowest BCUT2D eigenvalue weighted by Crippen LogP contribution is -2.04. The quantitative estimate of drug-likeness (QED) is 0.750. The van der Waals surface area contributed by atoms with Gasteiger partial charge in [0.2, 0.25) is 0 Å². The summed E-state index contributed by atoms with van der Waals surface area (Å²) in [4.78, 5) is 0. The van der Waals surface area contributed by atoms with Crippen molar-refractivity contribution in [3.63, 3.8) is 0 Å². The number of hydrogen-bond acceptors (Lipinski definition) is 5. The first-order valence-electron chi connectivity index (χ1n) is 7.01. The van der Waals surface area contributed by atoms with Gasteiger partial charge in [0.1, 0.15) is 12.4 Å². The smallest absolute Gasteiger partial charge is 0.182 e. The maximum atomic E-state index is 8.75. The maximum absolute atomic E-state index is 8.75. The molecule has 3 aromatic rings. The fraction of sp³-hybridized carbons (Fsp3) is 0.188. The first-order chi connectivity index (χ1) is 10.9. The van der Waals surface area contributed by atoms with Crippen molar-refractivity contribution in [2.24, 2.45) is 0 Å². The van der Waals surface area contributed by atoms with Gasteiger partial charge in [-0.15, -0.1) is 5.10 Å². The van der Waals surface area contributed by atoms with Crippen LogP contribution in [0.15, 0.2) is 54.6 Å². The topological polar surface area (TPSA) is 73.1 Å². The third-order valence-corrected chi connectivity index (χ3v) is 3.18. The Balaban J connectivity index is 1.79. The van der Waals surface area contributed by atoms with E-state index in [-0.39, 0.29) is 13.2 Å². The summed E-state index contributed by atoms with van der Waals surface area (Å²) in [7, 11) is 0. The zero-order valence-electron chi connectivity index (χ0n) is 12.0. The molecule has 1 N–H and O–H groups in total. The van der Waals surface area contributed by atoms with Crippen molar-refractivity contribution < 1.29 is 9.84 Å². The van der Waals surface area contributed by atoms with Crippen LogP contribution in [0, 0.1) is 0 Å². The Hall–Kier alpha value is -2.73. The molecule has 0 saturated heterocycles. The van der Waals surface area contributed by atoms with Crippen molar-refractivity contribution in [3.8, 4) is 17.1 Å². The first-order valence-corrected chi connectivity index (χ1v) is 7.01. The van der Waals surface area contributed by atoms with E-state index in [0.29, 0.717) is 18.1 Å². The molecule has 0 spiro atoms. The van der Waals surface area contributed by atoms with Gasteiger partial charge in [0.05, 0.1) is 13.2 Å². The maximum Gasteiger partial charge on any atom is 0.182 e. The molecule has 0 radical (unpaired) electrons. The molecule has 2 aromatic carbocycles. The monoisotopic (exact) mass is 296 g/mol. The van der Waals surface area contributed by atoms with E-state index in [1.165, 1.54) is 0 Å². The highest BCUT2D eigenvalue weighted by molar-refractivity contribution is 5.56. The molecule has 0 aliphatic rings. The number of hydrogen-bond donors (Lipinski definition) is 1. The third kappa shape index (κ3) is 3.29. The molecule has 1 heterocycles. The van der Waals surface area contributed by atoms with E-state index in [1.807, 2.05) is 54.6 Å². The van der Waals surface area contributed by atoms with Gasteiger partial charge in [-0.2, -0.15) is 0 Å². The van der Waals surface area contributed by atoms with E-state index >= 15 is 0 Å². The number of rotatable bonds is 6. The highest BCUT2D eigenvalue weighted by Crippen LogP contribution is 2.20. The van der Waals surface area contributed by atoms with Crippen LogP contribution in [0.2, 0.25) is 0 Å². The Labute approximate surface area is 128 Å². The Bertz CT molecular complexity index is 711. The van der Waals surface area contributed by atoms with E-state index in [0.717, 1.165) is 11.1 Å². The van der Waals surface area contributed by atoms with Gasteiger partial charge in [-0.25, -0.2) is 4.68 Å². The number of benzene rings is 2. The lowest BCUT2D eigenvalue weighted by molar-refractivity contribution is 0.201. The molecule has 3 rings (SSSR count). The molecular formula is C16H16N4O2. The van der Waals surface area contributed by atoms with Crippen molar-refractivity contribution >= 4 is 0 Å². The Morgan fingerprint density at radius 3 is 2.50 bits per heavy atom. The fourth-order valence-electron chi connectivity index (χ4n) is 2.14. The minimum atomic E-state index is -0.00290. The van der Waals surface area contributed by atoms with Crippen LogP contribution in [0.3, 0.4) is 0 Å². The number of aliphatic hydroxyl groups is 1. The second-order valence-electron chi connectivity index (χ2n) is 4.74. The van der Waals surface area contributed by atoms with Crippen LogP contribution >= 0.6 is 0 Å². The molecule has 0 amide bonds. The molecule has 0 unspecified atom stereocenters. The fourth-order valence-corrected chi connectivity index (χ4v) is 2.14. The third-order valence-electron chi connectivity index (χ3n) is 3.18. The van der Waals surface area contributed by atoms with Gasteiger partial charge in [0.25, 0.3) is 0 Å². The van der Waals surface area contributed by atoms with Gasteiger partial charge in [0.15, 0.2) is 5.82 Å². The summed E-state index contributed by atoms with van der Waals surface area (Å²) >= 11 is 0. The van der Waals surface area contributed by atoms with Gasteiger partial charge < -0.3 is 9.84 Å². The van der Waals surface area contributed by atoms with Gasteiger partial charge in [-0.3, -0.25) is 0 Å². The normalized spacial score (nSPS) is 10.6. The molecule has 0 aliphatic carbocycles. The standard InChI is InChI=1S/C16H16N4O2/c21-10-11-22-15-8-6-14(7-9-15)16-17-18-19-20(16)12-13-4-2-1-3-5-13/h1-9,21H,10-12H2. The van der Waals surface area contributed by atoms with E-state index in [1.54, 1.807) is 4.68 Å². The zero-order chi connectivity index (χ0) is 15.2. The summed E-state index contributed by atoms with van der Waals surface area (Å²) in [6, 6.07) is 17.5. The molecule has 0 bridgehead atoms. The van der Waals surface area contributed by atoms with E-state index in [2.05, 4.69) is 15.5 Å². The number of nitrogens with zero attached hydrogens (tertiary/aromatic N) is 4. The Kier molecular flexibility index (Phi) is 4.41. The van der Waals surface area contributed by atoms with Crippen LogP contribution in [0.5, 0.6) is 5.75 Å². The average Bonchev–Trinajstić information content (AvgIpc) is 3.02. The number of ether oxygens (including phenoxy) is 1. The summed E-state index contributed by atoms with van der Waals surface area (Å²) < 4.78 is 7.11. The van der Waals surface area contributed by atoms with Gasteiger partial charge in [-0.1, -0.05) is 30.3 Å². The lowest BCUT2D eigenvalue weighted by Gasteiger charge is -2.07. The first kappa shape index (κ1) is 14.2. The predicted octanol–water partition coefficient (Wildman–Crippen LogP) is 1.76. The van der Waals surface area contributed by atoms with E-state index in [9.17, 15) is 0 Å². The molecule has 0 saturated carbocycles. The molecule has 0 fully saturated rings. The second kappa shape index (κ2) is 6.82. The molecule has 1 aromatic heterocycles. The van der Waals surface area contributed by atoms with Crippen molar-refractivity contribution in [2.45, 2.75) is 6.54 Å². The Morgan fingerprint density at radius 1 is 1.00 bits per heavy atom. The minimum absolute atomic E-state index is 0.00290. The number of aromatic nitrogens is 4. The summed E-state index contributed by atoms with van der Waals surface area (Å²) in [5.41, 5.74) is 2.05. The summed E-state index contributed by atoms with van der Waals surface area (Å²) in [5.74, 6) is 1.41. The van der Waals surface area contributed by atoms with Gasteiger partial charge in [0, 0.05) is 5.56 Å². The van der Waals surface area contributed by atoms with Crippen LogP contribution in [-0.2, 0) is 6.54 Å². The molecule has 6 heteroatoms.